The second-order valence-corrected chi connectivity index (χ2v) is 6.03. The van der Waals surface area contributed by atoms with Gasteiger partial charge in [0.25, 0.3) is 0 Å². The first kappa shape index (κ1) is 15.6. The fourth-order valence-electron chi connectivity index (χ4n) is 1.59. The predicted octanol–water partition coefficient (Wildman–Crippen LogP) is 4.53. The van der Waals surface area contributed by atoms with Gasteiger partial charge in [0.15, 0.2) is 0 Å². The van der Waals surface area contributed by atoms with E-state index in [1.54, 1.807) is 29.5 Å². The first-order chi connectivity index (χ1) is 9.69. The smallest absolute Gasteiger partial charge is 0.131 e. The van der Waals surface area contributed by atoms with E-state index in [0.29, 0.717) is 22.4 Å². The molecule has 0 radical (unpaired) electrons. The molecule has 6 heteroatoms. The third-order valence-corrected chi connectivity index (χ3v) is 4.22. The molecule has 0 saturated carbocycles. The van der Waals surface area contributed by atoms with Gasteiger partial charge in [0.05, 0.1) is 15.7 Å². The van der Waals surface area contributed by atoms with Crippen LogP contribution in [-0.2, 0) is 13.2 Å². The van der Waals surface area contributed by atoms with Crippen LogP contribution < -0.4 is 10.1 Å². The summed E-state index contributed by atoms with van der Waals surface area (Å²) in [7, 11) is 0. The van der Waals surface area contributed by atoms with Crippen molar-refractivity contribution in [2.75, 3.05) is 6.54 Å². The van der Waals surface area contributed by atoms with E-state index in [2.05, 4.69) is 17.2 Å². The highest BCUT2D eigenvalue weighted by atomic mass is 35.5. The van der Waals surface area contributed by atoms with Crippen molar-refractivity contribution in [1.29, 1.82) is 0 Å². The first-order valence-electron chi connectivity index (χ1n) is 6.41. The number of aromatic nitrogens is 1. The Labute approximate surface area is 132 Å². The molecular weight excluding hydrogens is 315 g/mol. The molecule has 0 aliphatic heterocycles. The lowest BCUT2D eigenvalue weighted by Gasteiger charge is -2.05. The Hall–Kier alpha value is -0.810. The fourth-order valence-corrected chi connectivity index (χ4v) is 2.63. The van der Waals surface area contributed by atoms with Gasteiger partial charge in [0.1, 0.15) is 17.4 Å². The number of rotatable bonds is 7. The standard InChI is InChI=1S/C14H16Cl2N2OS/c1-2-5-17-7-14-18-10(9-20-14)8-19-11-3-4-12(15)13(16)6-11/h3-4,6,9,17H,2,5,7-8H2,1H3. The fraction of sp³-hybridized carbons (Fsp3) is 0.357. The van der Waals surface area contributed by atoms with E-state index < -0.39 is 0 Å². The van der Waals surface area contributed by atoms with Crippen LogP contribution in [0.2, 0.25) is 10.0 Å². The van der Waals surface area contributed by atoms with E-state index in [0.717, 1.165) is 30.2 Å². The number of hydrogen-bond donors (Lipinski definition) is 1. The lowest BCUT2D eigenvalue weighted by atomic mass is 10.3. The molecule has 0 fully saturated rings. The van der Waals surface area contributed by atoms with E-state index >= 15 is 0 Å². The van der Waals surface area contributed by atoms with Crippen molar-refractivity contribution in [2.24, 2.45) is 0 Å². The first-order valence-corrected chi connectivity index (χ1v) is 8.04. The van der Waals surface area contributed by atoms with Gasteiger partial charge in [-0.15, -0.1) is 11.3 Å². The Morgan fingerprint density at radius 1 is 1.30 bits per heavy atom. The molecule has 0 aliphatic rings. The molecule has 0 atom stereocenters. The molecule has 0 amide bonds. The molecular formula is C14H16Cl2N2OS. The lowest BCUT2D eigenvalue weighted by Crippen LogP contribution is -2.13. The van der Waals surface area contributed by atoms with Crippen molar-refractivity contribution in [2.45, 2.75) is 26.5 Å². The van der Waals surface area contributed by atoms with E-state index in [1.807, 2.05) is 5.38 Å². The summed E-state index contributed by atoms with van der Waals surface area (Å²) in [6, 6.07) is 5.23. The summed E-state index contributed by atoms with van der Waals surface area (Å²) in [5, 5.41) is 7.43. The van der Waals surface area contributed by atoms with Crippen molar-refractivity contribution in [3.63, 3.8) is 0 Å². The number of benzene rings is 1. The lowest BCUT2D eigenvalue weighted by molar-refractivity contribution is 0.302. The summed E-state index contributed by atoms with van der Waals surface area (Å²) in [6.07, 6.45) is 1.12. The molecule has 2 aromatic rings. The Morgan fingerprint density at radius 3 is 2.90 bits per heavy atom. The molecule has 108 valence electrons. The van der Waals surface area contributed by atoms with Crippen LogP contribution in [-0.4, -0.2) is 11.5 Å². The van der Waals surface area contributed by atoms with Gasteiger partial charge in [-0.1, -0.05) is 30.1 Å². The van der Waals surface area contributed by atoms with Crippen LogP contribution in [0.5, 0.6) is 5.75 Å². The van der Waals surface area contributed by atoms with Crippen molar-refractivity contribution in [3.8, 4) is 5.75 Å². The minimum Gasteiger partial charge on any atom is -0.487 e. The average molecular weight is 331 g/mol. The molecule has 2 rings (SSSR count). The van der Waals surface area contributed by atoms with E-state index in [4.69, 9.17) is 27.9 Å². The summed E-state index contributed by atoms with van der Waals surface area (Å²) in [4.78, 5) is 4.51. The van der Waals surface area contributed by atoms with Gasteiger partial charge in [-0.05, 0) is 25.1 Å². The quantitative estimate of drug-likeness (QED) is 0.757. The Balaban J connectivity index is 1.85. The zero-order valence-corrected chi connectivity index (χ0v) is 13.5. The van der Waals surface area contributed by atoms with E-state index in [9.17, 15) is 0 Å². The van der Waals surface area contributed by atoms with Crippen molar-refractivity contribution in [1.82, 2.24) is 10.3 Å². The minimum absolute atomic E-state index is 0.433. The number of ether oxygens (including phenoxy) is 1. The molecule has 1 N–H and O–H groups in total. The number of nitrogens with one attached hydrogen (secondary N) is 1. The maximum absolute atomic E-state index is 5.94. The van der Waals surface area contributed by atoms with Crippen LogP contribution in [0.1, 0.15) is 24.0 Å². The number of thiazole rings is 1. The summed E-state index contributed by atoms with van der Waals surface area (Å²) in [5.74, 6) is 0.693. The van der Waals surface area contributed by atoms with E-state index in [1.165, 1.54) is 0 Å². The maximum Gasteiger partial charge on any atom is 0.131 e. The topological polar surface area (TPSA) is 34.2 Å². The summed E-state index contributed by atoms with van der Waals surface area (Å²) in [6.45, 7) is 4.40. The molecule has 1 aromatic carbocycles. The summed E-state index contributed by atoms with van der Waals surface area (Å²) in [5.41, 5.74) is 0.925. The zero-order valence-electron chi connectivity index (χ0n) is 11.2. The second kappa shape index (κ2) is 7.84. The molecule has 0 spiro atoms. The molecule has 1 aromatic heterocycles. The van der Waals surface area contributed by atoms with Crippen LogP contribution in [0.4, 0.5) is 0 Å². The highest BCUT2D eigenvalue weighted by Crippen LogP contribution is 2.26. The Bertz CT molecular complexity index is 560. The van der Waals surface area contributed by atoms with Gasteiger partial charge >= 0.3 is 0 Å². The number of hydrogen-bond acceptors (Lipinski definition) is 4. The normalized spacial score (nSPS) is 10.8. The third kappa shape index (κ3) is 4.63. The molecule has 1 heterocycles. The summed E-state index contributed by atoms with van der Waals surface area (Å²) >= 11 is 13.4. The Morgan fingerprint density at radius 2 is 2.15 bits per heavy atom. The molecule has 0 bridgehead atoms. The van der Waals surface area contributed by atoms with E-state index in [-0.39, 0.29) is 0 Å². The van der Waals surface area contributed by atoms with Crippen LogP contribution in [0.25, 0.3) is 0 Å². The van der Waals surface area contributed by atoms with Gasteiger partial charge in [-0.2, -0.15) is 0 Å². The SMILES string of the molecule is CCCNCc1nc(COc2ccc(Cl)c(Cl)c2)cs1. The van der Waals surface area contributed by atoms with Crippen molar-refractivity contribution in [3.05, 3.63) is 44.3 Å². The van der Waals surface area contributed by atoms with Gasteiger partial charge in [0.2, 0.25) is 0 Å². The largest absolute Gasteiger partial charge is 0.487 e. The van der Waals surface area contributed by atoms with Crippen molar-refractivity contribution >= 4 is 34.5 Å². The molecule has 0 saturated heterocycles. The molecule has 20 heavy (non-hydrogen) atoms. The highest BCUT2D eigenvalue weighted by Gasteiger charge is 2.04. The molecule has 0 unspecified atom stereocenters. The van der Waals surface area contributed by atoms with Crippen LogP contribution in [0.15, 0.2) is 23.6 Å². The van der Waals surface area contributed by atoms with Gasteiger partial charge in [-0.25, -0.2) is 4.98 Å². The number of halogens is 2. The second-order valence-electron chi connectivity index (χ2n) is 4.27. The highest BCUT2D eigenvalue weighted by molar-refractivity contribution is 7.09. The Kier molecular flexibility index (Phi) is 6.10. The number of nitrogens with zero attached hydrogens (tertiary/aromatic N) is 1. The zero-order chi connectivity index (χ0) is 14.4. The monoisotopic (exact) mass is 330 g/mol. The van der Waals surface area contributed by atoms with Gasteiger partial charge in [-0.3, -0.25) is 0 Å². The van der Waals surface area contributed by atoms with Crippen LogP contribution in [0, 0.1) is 0 Å². The van der Waals surface area contributed by atoms with Gasteiger partial charge < -0.3 is 10.1 Å². The van der Waals surface area contributed by atoms with Crippen molar-refractivity contribution < 1.29 is 4.74 Å². The molecule has 3 nitrogen and oxygen atoms in total. The third-order valence-electron chi connectivity index (χ3n) is 2.58. The minimum atomic E-state index is 0.433. The van der Waals surface area contributed by atoms with Crippen LogP contribution in [0.3, 0.4) is 0 Å². The average Bonchev–Trinajstić information content (AvgIpc) is 2.88. The summed E-state index contributed by atoms with van der Waals surface area (Å²) < 4.78 is 5.65. The molecule has 0 aliphatic carbocycles. The van der Waals surface area contributed by atoms with Gasteiger partial charge in [0, 0.05) is 18.0 Å². The van der Waals surface area contributed by atoms with Crippen LogP contribution >= 0.6 is 34.5 Å². The predicted molar refractivity (Wildman–Crippen MR) is 84.9 cm³/mol. The maximum atomic E-state index is 5.94.